The van der Waals surface area contributed by atoms with E-state index in [-0.39, 0.29) is 0 Å². The molecule has 0 atom stereocenters. The van der Waals surface area contributed by atoms with Gasteiger partial charge in [0.1, 0.15) is 4.60 Å². The first-order chi connectivity index (χ1) is 9.28. The Labute approximate surface area is 128 Å². The smallest absolute Gasteiger partial charge is 0.187 e. The maximum Gasteiger partial charge on any atom is 0.187 e. The summed E-state index contributed by atoms with van der Waals surface area (Å²) in [6.45, 7) is 3.38. The van der Waals surface area contributed by atoms with Gasteiger partial charge < -0.3 is 9.64 Å². The van der Waals surface area contributed by atoms with Gasteiger partial charge in [-0.25, -0.2) is 9.97 Å². The topological polar surface area (TPSA) is 43.2 Å². The summed E-state index contributed by atoms with van der Waals surface area (Å²) in [6.07, 6.45) is 3.96. The van der Waals surface area contributed by atoms with Gasteiger partial charge >= 0.3 is 0 Å². The molecule has 0 aromatic carbocycles. The first-order valence-corrected chi connectivity index (χ1v) is 8.75. The summed E-state index contributed by atoms with van der Waals surface area (Å²) in [5.74, 6) is 0.925. The summed E-state index contributed by atoms with van der Waals surface area (Å²) in [5, 5.41) is 4.06. The third kappa shape index (κ3) is 2.81. The van der Waals surface area contributed by atoms with Crippen LogP contribution in [0.1, 0.15) is 0 Å². The first kappa shape index (κ1) is 13.4. The molecule has 0 radical (unpaired) electrons. The standard InChI is InChI=1S/C11H13BrN4OS2/c1-18-11-13-8(12)6-16(11)9-7-19-10(14-9)15-2-4-17-5-3-15/h6-7H,2-5H2,1H3. The molecule has 102 valence electrons. The lowest BCUT2D eigenvalue weighted by atomic mass is 10.5. The maximum absolute atomic E-state index is 5.36. The maximum atomic E-state index is 5.36. The van der Waals surface area contributed by atoms with Crippen LogP contribution in [0.2, 0.25) is 0 Å². The predicted molar refractivity (Wildman–Crippen MR) is 81.7 cm³/mol. The van der Waals surface area contributed by atoms with Crippen LogP contribution < -0.4 is 4.90 Å². The van der Waals surface area contributed by atoms with Crippen LogP contribution in [0.15, 0.2) is 21.3 Å². The average Bonchev–Trinajstić information content (AvgIpc) is 3.05. The van der Waals surface area contributed by atoms with Gasteiger partial charge in [-0.1, -0.05) is 11.8 Å². The van der Waals surface area contributed by atoms with Crippen molar-refractivity contribution in [2.45, 2.75) is 5.16 Å². The number of aromatic nitrogens is 3. The van der Waals surface area contributed by atoms with E-state index < -0.39 is 0 Å². The Morgan fingerprint density at radius 3 is 2.89 bits per heavy atom. The monoisotopic (exact) mass is 360 g/mol. The van der Waals surface area contributed by atoms with Gasteiger partial charge in [-0.3, -0.25) is 4.57 Å². The molecule has 8 heteroatoms. The number of nitrogens with zero attached hydrogens (tertiary/aromatic N) is 4. The number of ether oxygens (including phenoxy) is 1. The highest BCUT2D eigenvalue weighted by Crippen LogP contribution is 2.27. The molecule has 0 saturated carbocycles. The number of imidazole rings is 1. The van der Waals surface area contributed by atoms with Crippen molar-refractivity contribution in [2.24, 2.45) is 0 Å². The minimum absolute atomic E-state index is 0.779. The summed E-state index contributed by atoms with van der Waals surface area (Å²) in [5.41, 5.74) is 0. The molecule has 2 aromatic heterocycles. The molecule has 0 aliphatic carbocycles. The van der Waals surface area contributed by atoms with Gasteiger partial charge in [-0.15, -0.1) is 11.3 Å². The third-order valence-electron chi connectivity index (χ3n) is 2.84. The second-order valence-electron chi connectivity index (χ2n) is 4.01. The van der Waals surface area contributed by atoms with Crippen molar-refractivity contribution in [3.63, 3.8) is 0 Å². The SMILES string of the molecule is CSc1nc(Br)cn1-c1csc(N2CCOCC2)n1. The van der Waals surface area contributed by atoms with Crippen LogP contribution in [-0.2, 0) is 4.74 Å². The molecule has 3 rings (SSSR count). The Balaban J connectivity index is 1.87. The Morgan fingerprint density at radius 1 is 1.37 bits per heavy atom. The number of hydrogen-bond acceptors (Lipinski definition) is 6. The van der Waals surface area contributed by atoms with Crippen molar-refractivity contribution in [3.05, 3.63) is 16.2 Å². The fourth-order valence-corrected chi connectivity index (χ4v) is 3.79. The molecule has 0 spiro atoms. The van der Waals surface area contributed by atoms with Gasteiger partial charge in [0, 0.05) is 24.7 Å². The number of hydrogen-bond donors (Lipinski definition) is 0. The van der Waals surface area contributed by atoms with Crippen LogP contribution in [0.4, 0.5) is 5.13 Å². The van der Waals surface area contributed by atoms with Crippen LogP contribution in [-0.4, -0.2) is 47.1 Å². The lowest BCUT2D eigenvalue weighted by molar-refractivity contribution is 0.122. The predicted octanol–water partition coefficient (Wildman–Crippen LogP) is 2.65. The highest BCUT2D eigenvalue weighted by Gasteiger charge is 2.16. The van der Waals surface area contributed by atoms with E-state index in [1.807, 2.05) is 17.0 Å². The Morgan fingerprint density at radius 2 is 2.16 bits per heavy atom. The first-order valence-electron chi connectivity index (χ1n) is 5.85. The van der Waals surface area contributed by atoms with E-state index in [0.29, 0.717) is 0 Å². The summed E-state index contributed by atoms with van der Waals surface area (Å²) in [7, 11) is 0. The summed E-state index contributed by atoms with van der Waals surface area (Å²) in [6, 6.07) is 0. The number of morpholine rings is 1. The molecule has 0 unspecified atom stereocenters. The van der Waals surface area contributed by atoms with E-state index in [1.54, 1.807) is 23.1 Å². The van der Waals surface area contributed by atoms with Gasteiger partial charge in [0.25, 0.3) is 0 Å². The number of thiazole rings is 1. The van der Waals surface area contributed by atoms with Crippen LogP contribution >= 0.6 is 39.0 Å². The summed E-state index contributed by atoms with van der Waals surface area (Å²) >= 11 is 6.68. The molecular weight excluding hydrogens is 348 g/mol. The molecule has 0 N–H and O–H groups in total. The van der Waals surface area contributed by atoms with E-state index in [9.17, 15) is 0 Å². The number of thioether (sulfide) groups is 1. The van der Waals surface area contributed by atoms with E-state index in [4.69, 9.17) is 9.72 Å². The zero-order valence-corrected chi connectivity index (χ0v) is 13.6. The van der Waals surface area contributed by atoms with Crippen molar-refractivity contribution < 1.29 is 4.74 Å². The van der Waals surface area contributed by atoms with Crippen molar-refractivity contribution >= 4 is 44.2 Å². The third-order valence-corrected chi connectivity index (χ3v) is 4.76. The second kappa shape index (κ2) is 5.82. The number of anilines is 1. The Hall–Kier alpha value is -0.570. The lowest BCUT2D eigenvalue weighted by Crippen LogP contribution is -2.36. The molecule has 1 saturated heterocycles. The molecule has 2 aromatic rings. The van der Waals surface area contributed by atoms with Gasteiger partial charge in [-0.05, 0) is 22.2 Å². The minimum atomic E-state index is 0.779. The zero-order chi connectivity index (χ0) is 13.2. The van der Waals surface area contributed by atoms with Crippen molar-refractivity contribution in [1.29, 1.82) is 0 Å². The average molecular weight is 361 g/mol. The largest absolute Gasteiger partial charge is 0.378 e. The molecule has 3 heterocycles. The number of halogens is 1. The van der Waals surface area contributed by atoms with Gasteiger partial charge in [0.15, 0.2) is 16.1 Å². The molecule has 19 heavy (non-hydrogen) atoms. The van der Waals surface area contributed by atoms with Crippen LogP contribution in [0.3, 0.4) is 0 Å². The highest BCUT2D eigenvalue weighted by molar-refractivity contribution is 9.10. The van der Waals surface area contributed by atoms with Crippen molar-refractivity contribution in [1.82, 2.24) is 14.5 Å². The molecule has 1 fully saturated rings. The van der Waals surface area contributed by atoms with Gasteiger partial charge in [0.05, 0.1) is 13.2 Å². The van der Waals surface area contributed by atoms with Crippen molar-refractivity contribution in [3.8, 4) is 5.82 Å². The van der Waals surface area contributed by atoms with Crippen LogP contribution in [0.5, 0.6) is 0 Å². The quantitative estimate of drug-likeness (QED) is 0.787. The van der Waals surface area contributed by atoms with Crippen molar-refractivity contribution in [2.75, 3.05) is 37.5 Å². The highest BCUT2D eigenvalue weighted by atomic mass is 79.9. The van der Waals surface area contributed by atoms with Gasteiger partial charge in [-0.2, -0.15) is 0 Å². The fraction of sp³-hybridized carbons (Fsp3) is 0.455. The zero-order valence-electron chi connectivity index (χ0n) is 10.4. The summed E-state index contributed by atoms with van der Waals surface area (Å²) in [4.78, 5) is 11.4. The molecule has 1 aliphatic rings. The second-order valence-corrected chi connectivity index (χ2v) is 6.43. The van der Waals surface area contributed by atoms with E-state index >= 15 is 0 Å². The fourth-order valence-electron chi connectivity index (χ4n) is 1.91. The van der Waals surface area contributed by atoms with Crippen LogP contribution in [0.25, 0.3) is 5.82 Å². The minimum Gasteiger partial charge on any atom is -0.378 e. The molecule has 1 aliphatic heterocycles. The Kier molecular flexibility index (Phi) is 4.11. The summed E-state index contributed by atoms with van der Waals surface area (Å²) < 4.78 is 8.20. The molecular formula is C11H13BrN4OS2. The number of rotatable bonds is 3. The lowest BCUT2D eigenvalue weighted by Gasteiger charge is -2.25. The van der Waals surface area contributed by atoms with Gasteiger partial charge in [0.2, 0.25) is 0 Å². The van der Waals surface area contributed by atoms with E-state index in [2.05, 4.69) is 31.2 Å². The van der Waals surface area contributed by atoms with E-state index in [0.717, 1.165) is 47.0 Å². The molecule has 0 bridgehead atoms. The molecule has 5 nitrogen and oxygen atoms in total. The van der Waals surface area contributed by atoms with E-state index in [1.165, 1.54) is 0 Å². The normalized spacial score (nSPS) is 16.0. The molecule has 0 amide bonds. The van der Waals surface area contributed by atoms with Crippen LogP contribution in [0, 0.1) is 0 Å². The Bertz CT molecular complexity index is 565.